The molecule has 0 saturated carbocycles. The zero-order valence-electron chi connectivity index (χ0n) is 21.9. The fraction of sp³-hybridized carbons (Fsp3) is 0.200. The van der Waals surface area contributed by atoms with E-state index in [1.807, 2.05) is 18.2 Å². The van der Waals surface area contributed by atoms with Gasteiger partial charge in [0.05, 0.1) is 18.2 Å². The number of ether oxygens (including phenoxy) is 1. The lowest BCUT2D eigenvalue weighted by atomic mass is 9.95. The monoisotopic (exact) mass is 609 g/mol. The lowest BCUT2D eigenvalue weighted by Gasteiger charge is -2.22. The lowest BCUT2D eigenvalue weighted by molar-refractivity contribution is -0.132. The number of carbonyl (C=O) groups excluding carboxylic acids is 2. The first-order valence-electron chi connectivity index (χ1n) is 12.9. The molecule has 1 atom stereocenters. The molecule has 1 aliphatic heterocycles. The maximum absolute atomic E-state index is 14.3. The highest BCUT2D eigenvalue weighted by atomic mass is 35.5. The number of aromatic nitrogens is 2. The Morgan fingerprint density at radius 3 is 2.61 bits per heavy atom. The van der Waals surface area contributed by atoms with Crippen molar-refractivity contribution in [3.05, 3.63) is 106 Å². The number of halogens is 2. The zero-order valence-corrected chi connectivity index (χ0v) is 24.3. The van der Waals surface area contributed by atoms with Gasteiger partial charge in [-0.2, -0.15) is 0 Å². The highest BCUT2D eigenvalue weighted by Gasteiger charge is 2.48. The maximum atomic E-state index is 14.3. The summed E-state index contributed by atoms with van der Waals surface area (Å²) in [5.74, 6) is -1.57. The van der Waals surface area contributed by atoms with Crippen molar-refractivity contribution in [2.45, 2.75) is 35.9 Å². The third-order valence-electron chi connectivity index (χ3n) is 6.41. The third kappa shape index (κ3) is 6.29. The molecule has 7 nitrogen and oxygen atoms in total. The number of unbranched alkanes of at least 4 members (excludes halogenated alkanes) is 1. The van der Waals surface area contributed by atoms with E-state index < -0.39 is 23.5 Å². The van der Waals surface area contributed by atoms with E-state index in [0.717, 1.165) is 29.7 Å². The van der Waals surface area contributed by atoms with Crippen LogP contribution < -0.4 is 9.64 Å². The van der Waals surface area contributed by atoms with Crippen LogP contribution in [-0.2, 0) is 15.3 Å². The minimum absolute atomic E-state index is 0.154. The van der Waals surface area contributed by atoms with Crippen LogP contribution >= 0.6 is 34.7 Å². The van der Waals surface area contributed by atoms with E-state index in [0.29, 0.717) is 38.6 Å². The molecule has 0 spiro atoms. The third-order valence-corrected chi connectivity index (χ3v) is 8.89. The van der Waals surface area contributed by atoms with Crippen molar-refractivity contribution in [3.8, 4) is 5.75 Å². The van der Waals surface area contributed by atoms with Crippen molar-refractivity contribution in [3.63, 3.8) is 0 Å². The Balaban J connectivity index is 1.49. The molecular formula is C30H25ClFN3O4S2. The number of ketones is 1. The zero-order chi connectivity index (χ0) is 28.9. The van der Waals surface area contributed by atoms with Gasteiger partial charge in [-0.3, -0.25) is 14.5 Å². The van der Waals surface area contributed by atoms with E-state index in [9.17, 15) is 19.1 Å². The molecule has 41 heavy (non-hydrogen) atoms. The van der Waals surface area contributed by atoms with E-state index in [2.05, 4.69) is 17.1 Å². The van der Waals surface area contributed by atoms with E-state index >= 15 is 0 Å². The number of aliphatic hydroxyl groups excluding tert-OH is 1. The fourth-order valence-corrected chi connectivity index (χ4v) is 6.49. The summed E-state index contributed by atoms with van der Waals surface area (Å²) < 4.78 is 20.6. The predicted molar refractivity (Wildman–Crippen MR) is 159 cm³/mol. The van der Waals surface area contributed by atoms with E-state index in [1.54, 1.807) is 36.4 Å². The summed E-state index contributed by atoms with van der Waals surface area (Å²) in [6, 6.07) is 18.5. The standard InChI is InChI=1S/C30H25ClFN3O4S2/c1-2-3-15-39-22-13-11-18(12-14-22)26(36)24-25(19-8-6-9-21(32)16-19)35(28(38)27(24)37)29-33-34-30(41-29)40-17-20-7-4-5-10-23(20)31/h4-14,16,25,36H,2-3,15,17H2,1H3/t25-/m1/s1. The van der Waals surface area contributed by atoms with Crippen molar-refractivity contribution in [1.29, 1.82) is 0 Å². The van der Waals surface area contributed by atoms with Gasteiger partial charge in [-0.25, -0.2) is 4.39 Å². The van der Waals surface area contributed by atoms with Gasteiger partial charge in [-0.15, -0.1) is 10.2 Å². The van der Waals surface area contributed by atoms with Gasteiger partial charge in [-0.05, 0) is 60.0 Å². The summed E-state index contributed by atoms with van der Waals surface area (Å²) in [7, 11) is 0. The molecule has 1 N–H and O–H groups in total. The molecule has 0 bridgehead atoms. The van der Waals surface area contributed by atoms with Gasteiger partial charge >= 0.3 is 5.91 Å². The van der Waals surface area contributed by atoms with Crippen molar-refractivity contribution in [1.82, 2.24) is 10.2 Å². The molecule has 11 heteroatoms. The Morgan fingerprint density at radius 1 is 1.10 bits per heavy atom. The van der Waals surface area contributed by atoms with Crippen molar-refractivity contribution >= 4 is 57.3 Å². The fourth-order valence-electron chi connectivity index (χ4n) is 4.33. The van der Waals surface area contributed by atoms with Crippen molar-refractivity contribution < 1.29 is 23.8 Å². The highest BCUT2D eigenvalue weighted by molar-refractivity contribution is 8.00. The Kier molecular flexibility index (Phi) is 9.02. The molecule has 1 aliphatic rings. The Bertz CT molecular complexity index is 1610. The molecular weight excluding hydrogens is 585 g/mol. The molecule has 4 aromatic rings. The highest BCUT2D eigenvalue weighted by Crippen LogP contribution is 2.44. The Labute approximate surface area is 249 Å². The number of carbonyl (C=O) groups is 2. The predicted octanol–water partition coefficient (Wildman–Crippen LogP) is 7.43. The average Bonchev–Trinajstić information content (AvgIpc) is 3.54. The molecule has 210 valence electrons. The second-order valence-electron chi connectivity index (χ2n) is 9.18. The first-order valence-corrected chi connectivity index (χ1v) is 15.0. The summed E-state index contributed by atoms with van der Waals surface area (Å²) in [5, 5.41) is 20.5. The molecule has 1 fully saturated rings. The van der Waals surface area contributed by atoms with Gasteiger partial charge in [0.1, 0.15) is 17.3 Å². The summed E-state index contributed by atoms with van der Waals surface area (Å²) >= 11 is 8.77. The number of hydrogen-bond donors (Lipinski definition) is 1. The number of thioether (sulfide) groups is 1. The number of Topliss-reactive ketones (excluding diaryl/α,β-unsaturated/α-hetero) is 1. The van der Waals surface area contributed by atoms with E-state index in [4.69, 9.17) is 16.3 Å². The minimum atomic E-state index is -1.11. The van der Waals surface area contributed by atoms with Gasteiger partial charge < -0.3 is 9.84 Å². The normalized spacial score (nSPS) is 16.4. The first-order chi connectivity index (χ1) is 19.9. The molecule has 0 aliphatic carbocycles. The van der Waals surface area contributed by atoms with Gasteiger partial charge in [0, 0.05) is 16.3 Å². The van der Waals surface area contributed by atoms with E-state index in [-0.39, 0.29) is 16.5 Å². The number of benzene rings is 3. The lowest BCUT2D eigenvalue weighted by Crippen LogP contribution is -2.29. The summed E-state index contributed by atoms with van der Waals surface area (Å²) in [5.41, 5.74) is 1.38. The van der Waals surface area contributed by atoms with E-state index in [1.165, 1.54) is 34.9 Å². The topological polar surface area (TPSA) is 92.6 Å². The maximum Gasteiger partial charge on any atom is 0.301 e. The number of anilines is 1. The van der Waals surface area contributed by atoms with Crippen LogP contribution in [0.4, 0.5) is 9.52 Å². The van der Waals surface area contributed by atoms with Crippen LogP contribution in [0.15, 0.2) is 82.7 Å². The van der Waals surface area contributed by atoms with Gasteiger partial charge in [0.2, 0.25) is 5.13 Å². The number of amides is 1. The second-order valence-corrected chi connectivity index (χ2v) is 11.8. The smallest absolute Gasteiger partial charge is 0.301 e. The Hall–Kier alpha value is -3.73. The van der Waals surface area contributed by atoms with Crippen LogP contribution in [0, 0.1) is 5.82 Å². The van der Waals surface area contributed by atoms with Crippen LogP contribution in [0.5, 0.6) is 5.75 Å². The minimum Gasteiger partial charge on any atom is -0.507 e. The molecule has 0 unspecified atom stereocenters. The number of nitrogens with zero attached hydrogens (tertiary/aromatic N) is 3. The molecule has 5 rings (SSSR count). The van der Waals surface area contributed by atoms with Gasteiger partial charge in [0.15, 0.2) is 4.34 Å². The Morgan fingerprint density at radius 2 is 1.88 bits per heavy atom. The molecule has 1 amide bonds. The average molecular weight is 610 g/mol. The van der Waals surface area contributed by atoms with Crippen LogP contribution in [0.2, 0.25) is 5.02 Å². The SMILES string of the molecule is CCCCOc1ccc(C(O)=C2C(=O)C(=O)N(c3nnc(SCc4ccccc4Cl)s3)[C@@H]2c2cccc(F)c2)cc1. The quantitative estimate of drug-likeness (QED) is 0.0499. The van der Waals surface area contributed by atoms with Crippen molar-refractivity contribution in [2.75, 3.05) is 11.5 Å². The van der Waals surface area contributed by atoms with Crippen LogP contribution in [0.25, 0.3) is 5.76 Å². The summed E-state index contributed by atoms with van der Waals surface area (Å²) in [6.07, 6.45) is 1.90. The second kappa shape index (κ2) is 12.8. The molecule has 1 aromatic heterocycles. The van der Waals surface area contributed by atoms with Crippen LogP contribution in [0.1, 0.15) is 42.5 Å². The van der Waals surface area contributed by atoms with Crippen LogP contribution in [0.3, 0.4) is 0 Å². The first kappa shape index (κ1) is 28.8. The van der Waals surface area contributed by atoms with Gasteiger partial charge in [-0.1, -0.05) is 78.4 Å². The molecule has 3 aromatic carbocycles. The van der Waals surface area contributed by atoms with Gasteiger partial charge in [0.25, 0.3) is 5.78 Å². The number of aliphatic hydroxyl groups is 1. The van der Waals surface area contributed by atoms with Crippen LogP contribution in [-0.4, -0.2) is 33.6 Å². The summed E-state index contributed by atoms with van der Waals surface area (Å²) in [6.45, 7) is 2.63. The molecule has 0 radical (unpaired) electrons. The summed E-state index contributed by atoms with van der Waals surface area (Å²) in [4.78, 5) is 27.9. The molecule has 2 heterocycles. The largest absolute Gasteiger partial charge is 0.507 e. The number of rotatable bonds is 10. The molecule has 1 saturated heterocycles. The van der Waals surface area contributed by atoms with Crippen molar-refractivity contribution in [2.24, 2.45) is 0 Å². The number of hydrogen-bond acceptors (Lipinski definition) is 8.